The standard InChI is InChI=1S/C16H20N2/c1-13(8-9-17)11-14-4-6-15(7-5-14)16-3-2-10-18-12-16/h2-7,10,12-13H,8-9,11,17H2,1H3. The van der Waals surface area contributed by atoms with Gasteiger partial charge >= 0.3 is 0 Å². The second kappa shape index (κ2) is 6.31. The smallest absolute Gasteiger partial charge is 0.0346 e. The summed E-state index contributed by atoms with van der Waals surface area (Å²) in [6, 6.07) is 12.8. The van der Waals surface area contributed by atoms with Gasteiger partial charge < -0.3 is 5.73 Å². The maximum Gasteiger partial charge on any atom is 0.0346 e. The molecule has 1 atom stereocenters. The van der Waals surface area contributed by atoms with E-state index < -0.39 is 0 Å². The number of rotatable bonds is 5. The largest absolute Gasteiger partial charge is 0.330 e. The summed E-state index contributed by atoms with van der Waals surface area (Å²) in [6.45, 7) is 3.02. The molecule has 0 fully saturated rings. The van der Waals surface area contributed by atoms with Gasteiger partial charge in [0.2, 0.25) is 0 Å². The fourth-order valence-corrected chi connectivity index (χ4v) is 2.16. The number of pyridine rings is 1. The van der Waals surface area contributed by atoms with Gasteiger partial charge in [-0.1, -0.05) is 37.3 Å². The average molecular weight is 240 g/mol. The SMILES string of the molecule is CC(CCN)Cc1ccc(-c2cccnc2)cc1. The molecule has 18 heavy (non-hydrogen) atoms. The number of hydrogen-bond donors (Lipinski definition) is 1. The molecule has 0 aliphatic carbocycles. The van der Waals surface area contributed by atoms with Crippen molar-refractivity contribution >= 4 is 0 Å². The zero-order valence-electron chi connectivity index (χ0n) is 10.8. The Balaban J connectivity index is 2.06. The minimum atomic E-state index is 0.652. The highest BCUT2D eigenvalue weighted by Gasteiger charge is 2.03. The van der Waals surface area contributed by atoms with Gasteiger partial charge in [0, 0.05) is 12.4 Å². The molecule has 2 nitrogen and oxygen atoms in total. The van der Waals surface area contributed by atoms with Gasteiger partial charge in [-0.2, -0.15) is 0 Å². The van der Waals surface area contributed by atoms with Crippen LogP contribution in [-0.2, 0) is 6.42 Å². The highest BCUT2D eigenvalue weighted by atomic mass is 14.6. The Morgan fingerprint density at radius 3 is 2.50 bits per heavy atom. The molecule has 2 rings (SSSR count). The van der Waals surface area contributed by atoms with Crippen LogP contribution in [0.4, 0.5) is 0 Å². The summed E-state index contributed by atoms with van der Waals surface area (Å²) < 4.78 is 0. The van der Waals surface area contributed by atoms with Gasteiger partial charge in [-0.3, -0.25) is 4.98 Å². The van der Waals surface area contributed by atoms with Crippen LogP contribution in [0.5, 0.6) is 0 Å². The molecular formula is C16H20N2. The average Bonchev–Trinajstić information content (AvgIpc) is 2.41. The molecule has 0 spiro atoms. The molecule has 0 radical (unpaired) electrons. The number of aromatic nitrogens is 1. The van der Waals surface area contributed by atoms with Crippen molar-refractivity contribution in [2.75, 3.05) is 6.54 Å². The first-order valence-corrected chi connectivity index (χ1v) is 6.49. The molecule has 2 aromatic rings. The van der Waals surface area contributed by atoms with E-state index in [1.165, 1.54) is 16.7 Å². The molecule has 0 aliphatic heterocycles. The van der Waals surface area contributed by atoms with Crippen LogP contribution < -0.4 is 5.73 Å². The molecule has 0 saturated heterocycles. The van der Waals surface area contributed by atoms with Crippen molar-refractivity contribution in [2.45, 2.75) is 19.8 Å². The Hall–Kier alpha value is -1.67. The Labute approximate surface area is 109 Å². The monoisotopic (exact) mass is 240 g/mol. The molecule has 1 heterocycles. The van der Waals surface area contributed by atoms with Crippen molar-refractivity contribution in [1.29, 1.82) is 0 Å². The third kappa shape index (κ3) is 3.41. The van der Waals surface area contributed by atoms with Crippen LogP contribution in [0.3, 0.4) is 0 Å². The van der Waals surface area contributed by atoms with E-state index in [1.54, 1.807) is 6.20 Å². The Kier molecular flexibility index (Phi) is 4.48. The molecule has 1 unspecified atom stereocenters. The molecule has 0 saturated carbocycles. The molecule has 1 aromatic carbocycles. The lowest BCUT2D eigenvalue weighted by atomic mass is 9.96. The summed E-state index contributed by atoms with van der Waals surface area (Å²) in [5.74, 6) is 0.652. The number of nitrogens with zero attached hydrogens (tertiary/aromatic N) is 1. The number of nitrogens with two attached hydrogens (primary N) is 1. The van der Waals surface area contributed by atoms with Crippen LogP contribution in [0.2, 0.25) is 0 Å². The van der Waals surface area contributed by atoms with E-state index >= 15 is 0 Å². The summed E-state index contributed by atoms with van der Waals surface area (Å²) in [7, 11) is 0. The van der Waals surface area contributed by atoms with Crippen molar-refractivity contribution in [1.82, 2.24) is 4.98 Å². The van der Waals surface area contributed by atoms with E-state index in [-0.39, 0.29) is 0 Å². The van der Waals surface area contributed by atoms with Crippen LogP contribution in [0.1, 0.15) is 18.9 Å². The molecular weight excluding hydrogens is 220 g/mol. The molecule has 0 aliphatic rings. The molecule has 0 amide bonds. The quantitative estimate of drug-likeness (QED) is 0.871. The summed E-state index contributed by atoms with van der Waals surface area (Å²) in [5, 5.41) is 0. The Morgan fingerprint density at radius 2 is 1.89 bits per heavy atom. The van der Waals surface area contributed by atoms with Gasteiger partial charge in [0.05, 0.1) is 0 Å². The van der Waals surface area contributed by atoms with E-state index in [1.807, 2.05) is 12.3 Å². The third-order valence-electron chi connectivity index (χ3n) is 3.19. The number of benzene rings is 1. The molecule has 94 valence electrons. The highest BCUT2D eigenvalue weighted by molar-refractivity contribution is 5.62. The Bertz CT molecular complexity index is 462. The zero-order valence-corrected chi connectivity index (χ0v) is 10.8. The predicted molar refractivity (Wildman–Crippen MR) is 76.2 cm³/mol. The lowest BCUT2D eigenvalue weighted by molar-refractivity contribution is 0.538. The van der Waals surface area contributed by atoms with E-state index in [0.717, 1.165) is 19.4 Å². The van der Waals surface area contributed by atoms with Gasteiger partial charge in [0.1, 0.15) is 0 Å². The fraction of sp³-hybridized carbons (Fsp3) is 0.312. The summed E-state index contributed by atoms with van der Waals surface area (Å²) in [5.41, 5.74) is 9.34. The lowest BCUT2D eigenvalue weighted by Crippen LogP contribution is -2.07. The molecule has 1 aromatic heterocycles. The minimum Gasteiger partial charge on any atom is -0.330 e. The van der Waals surface area contributed by atoms with Crippen molar-refractivity contribution < 1.29 is 0 Å². The maximum absolute atomic E-state index is 5.58. The second-order valence-corrected chi connectivity index (χ2v) is 4.83. The number of hydrogen-bond acceptors (Lipinski definition) is 2. The Morgan fingerprint density at radius 1 is 1.11 bits per heavy atom. The fourth-order valence-electron chi connectivity index (χ4n) is 2.16. The van der Waals surface area contributed by atoms with Gasteiger partial charge in [0.25, 0.3) is 0 Å². The summed E-state index contributed by atoms with van der Waals surface area (Å²) in [6.07, 6.45) is 5.88. The van der Waals surface area contributed by atoms with Crippen molar-refractivity contribution in [3.63, 3.8) is 0 Å². The maximum atomic E-state index is 5.58. The highest BCUT2D eigenvalue weighted by Crippen LogP contribution is 2.20. The van der Waals surface area contributed by atoms with Gasteiger partial charge in [-0.05, 0) is 48.1 Å². The predicted octanol–water partition coefficient (Wildman–Crippen LogP) is 3.28. The topological polar surface area (TPSA) is 38.9 Å². The molecule has 0 bridgehead atoms. The first-order valence-electron chi connectivity index (χ1n) is 6.49. The third-order valence-corrected chi connectivity index (χ3v) is 3.19. The van der Waals surface area contributed by atoms with Crippen LogP contribution in [0, 0.1) is 5.92 Å². The van der Waals surface area contributed by atoms with Crippen molar-refractivity contribution in [3.05, 3.63) is 54.4 Å². The normalized spacial score (nSPS) is 12.3. The van der Waals surface area contributed by atoms with Gasteiger partial charge in [-0.15, -0.1) is 0 Å². The van der Waals surface area contributed by atoms with E-state index in [0.29, 0.717) is 5.92 Å². The summed E-state index contributed by atoms with van der Waals surface area (Å²) >= 11 is 0. The van der Waals surface area contributed by atoms with Crippen LogP contribution in [0.15, 0.2) is 48.8 Å². The van der Waals surface area contributed by atoms with Gasteiger partial charge in [0.15, 0.2) is 0 Å². The van der Waals surface area contributed by atoms with Crippen molar-refractivity contribution in [2.24, 2.45) is 11.7 Å². The molecule has 2 N–H and O–H groups in total. The molecule has 2 heteroatoms. The van der Waals surface area contributed by atoms with Crippen LogP contribution in [-0.4, -0.2) is 11.5 Å². The first-order chi connectivity index (χ1) is 8.79. The van der Waals surface area contributed by atoms with E-state index in [4.69, 9.17) is 5.73 Å². The summed E-state index contributed by atoms with van der Waals surface area (Å²) in [4.78, 5) is 4.14. The van der Waals surface area contributed by atoms with Gasteiger partial charge in [-0.25, -0.2) is 0 Å². The van der Waals surface area contributed by atoms with Crippen LogP contribution in [0.25, 0.3) is 11.1 Å². The van der Waals surface area contributed by atoms with Crippen molar-refractivity contribution in [3.8, 4) is 11.1 Å². The first kappa shape index (κ1) is 12.8. The lowest BCUT2D eigenvalue weighted by Gasteiger charge is -2.10. The zero-order chi connectivity index (χ0) is 12.8. The minimum absolute atomic E-state index is 0.652. The second-order valence-electron chi connectivity index (χ2n) is 4.83. The van der Waals surface area contributed by atoms with E-state index in [2.05, 4.69) is 42.2 Å². The van der Waals surface area contributed by atoms with E-state index in [9.17, 15) is 0 Å². The van der Waals surface area contributed by atoms with Crippen LogP contribution >= 0.6 is 0 Å².